The van der Waals surface area contributed by atoms with Crippen molar-refractivity contribution in [2.75, 3.05) is 62.3 Å². The molecule has 2 N–H and O–H groups in total. The number of rotatable bonds is 8. The summed E-state index contributed by atoms with van der Waals surface area (Å²) in [6.07, 6.45) is 3.36. The van der Waals surface area contributed by atoms with Crippen molar-refractivity contribution in [3.05, 3.63) is 90.8 Å². The van der Waals surface area contributed by atoms with Gasteiger partial charge in [-0.1, -0.05) is 0 Å². The average Bonchev–Trinajstić information content (AvgIpc) is 3.74. The molecule has 15 heteroatoms. The first-order valence-corrected chi connectivity index (χ1v) is 18.0. The largest absolute Gasteiger partial charge is 0.368 e. The standard InChI is InChI=1S/C35H34F2N8O4S/c1-50(48,49)35(34(47)40-27-8-11-30-29(18-27)32(42-41-30)23-2-6-25(36)7-3-23)12-13-43(22-35)21-31(46)45-16-14-44(15-17-45)28-9-4-24(5-10-28)33-38-19-26(37)20-39-33/h2-11,18-20H,12-17,21-22H2,1H3,(H,40,47)(H,41,42). The van der Waals surface area contributed by atoms with Crippen molar-refractivity contribution in [2.45, 2.75) is 11.2 Å². The number of amides is 2. The number of anilines is 2. The van der Waals surface area contributed by atoms with Gasteiger partial charge in [0.2, 0.25) is 11.8 Å². The molecule has 0 aliphatic carbocycles. The summed E-state index contributed by atoms with van der Waals surface area (Å²) in [4.78, 5) is 40.8. The molecule has 2 amide bonds. The summed E-state index contributed by atoms with van der Waals surface area (Å²) in [6, 6.07) is 18.6. The third-order valence-corrected chi connectivity index (χ3v) is 11.4. The van der Waals surface area contributed by atoms with Gasteiger partial charge in [0.1, 0.15) is 5.82 Å². The van der Waals surface area contributed by atoms with Crippen molar-refractivity contribution in [3.63, 3.8) is 0 Å². The molecule has 2 fully saturated rings. The van der Waals surface area contributed by atoms with Gasteiger partial charge in [-0.05, 0) is 73.2 Å². The number of carbonyl (C=O) groups is 2. The maximum absolute atomic E-state index is 13.8. The molecule has 50 heavy (non-hydrogen) atoms. The van der Waals surface area contributed by atoms with Crippen LogP contribution in [0.4, 0.5) is 20.2 Å². The Balaban J connectivity index is 0.974. The predicted molar refractivity (Wildman–Crippen MR) is 185 cm³/mol. The van der Waals surface area contributed by atoms with Crippen molar-refractivity contribution in [1.29, 1.82) is 0 Å². The highest BCUT2D eigenvalue weighted by Crippen LogP contribution is 2.33. The van der Waals surface area contributed by atoms with Crippen LogP contribution in [-0.2, 0) is 19.4 Å². The van der Waals surface area contributed by atoms with Gasteiger partial charge >= 0.3 is 0 Å². The van der Waals surface area contributed by atoms with E-state index in [-0.39, 0.29) is 37.8 Å². The van der Waals surface area contributed by atoms with Gasteiger partial charge in [0, 0.05) is 73.4 Å². The summed E-state index contributed by atoms with van der Waals surface area (Å²) in [5.74, 6) is -1.23. The van der Waals surface area contributed by atoms with Crippen molar-refractivity contribution in [2.24, 2.45) is 0 Å². The Bertz CT molecular complexity index is 2150. The van der Waals surface area contributed by atoms with Crippen LogP contribution in [-0.4, -0.2) is 107 Å². The van der Waals surface area contributed by atoms with E-state index in [1.165, 1.54) is 12.1 Å². The molecule has 5 aromatic rings. The van der Waals surface area contributed by atoms with E-state index >= 15 is 0 Å². The monoisotopic (exact) mass is 700 g/mol. The van der Waals surface area contributed by atoms with Crippen LogP contribution >= 0.6 is 0 Å². The number of carbonyl (C=O) groups excluding carboxylic acids is 2. The molecule has 2 aromatic heterocycles. The fraction of sp³-hybridized carbons (Fsp3) is 0.286. The fourth-order valence-corrected chi connectivity index (χ4v) is 7.87. The van der Waals surface area contributed by atoms with E-state index in [2.05, 4.69) is 30.4 Å². The zero-order chi connectivity index (χ0) is 35.0. The lowest BCUT2D eigenvalue weighted by Gasteiger charge is -2.37. The highest BCUT2D eigenvalue weighted by atomic mass is 32.2. The van der Waals surface area contributed by atoms with Gasteiger partial charge in [-0.15, -0.1) is 0 Å². The molecule has 2 aliphatic rings. The molecular weight excluding hydrogens is 666 g/mol. The molecule has 2 saturated heterocycles. The summed E-state index contributed by atoms with van der Waals surface area (Å²) in [6.45, 7) is 2.36. The number of nitrogens with zero attached hydrogens (tertiary/aromatic N) is 6. The minimum atomic E-state index is -3.89. The van der Waals surface area contributed by atoms with Crippen molar-refractivity contribution in [1.82, 2.24) is 30.0 Å². The predicted octanol–water partition coefficient (Wildman–Crippen LogP) is 3.74. The van der Waals surface area contributed by atoms with E-state index in [0.717, 1.165) is 29.9 Å². The fourth-order valence-electron chi connectivity index (χ4n) is 6.60. The molecule has 12 nitrogen and oxygen atoms in total. The Kier molecular flexibility index (Phi) is 8.78. The highest BCUT2D eigenvalue weighted by molar-refractivity contribution is 7.93. The minimum absolute atomic E-state index is 0.00107. The van der Waals surface area contributed by atoms with Gasteiger partial charge in [-0.25, -0.2) is 27.2 Å². The lowest BCUT2D eigenvalue weighted by Crippen LogP contribution is -2.53. The molecule has 1 unspecified atom stereocenters. The van der Waals surface area contributed by atoms with E-state index in [0.29, 0.717) is 59.9 Å². The van der Waals surface area contributed by atoms with Crippen LogP contribution in [0.2, 0.25) is 0 Å². The van der Waals surface area contributed by atoms with E-state index in [1.54, 1.807) is 40.1 Å². The number of aromatic nitrogens is 4. The van der Waals surface area contributed by atoms with Crippen molar-refractivity contribution < 1.29 is 26.8 Å². The number of halogens is 2. The second kappa shape index (κ2) is 13.2. The van der Waals surface area contributed by atoms with Crippen LogP contribution in [0.15, 0.2) is 79.1 Å². The van der Waals surface area contributed by atoms with Crippen molar-refractivity contribution in [3.8, 4) is 22.6 Å². The van der Waals surface area contributed by atoms with Crippen LogP contribution in [0.5, 0.6) is 0 Å². The summed E-state index contributed by atoms with van der Waals surface area (Å²) in [5, 5.41) is 10.8. The lowest BCUT2D eigenvalue weighted by molar-refractivity contribution is -0.132. The number of H-pyrrole nitrogens is 1. The molecule has 2 aliphatic heterocycles. The number of hydrogen-bond donors (Lipinski definition) is 2. The Morgan fingerprint density at radius 3 is 2.24 bits per heavy atom. The number of sulfone groups is 1. The van der Waals surface area contributed by atoms with E-state index in [9.17, 15) is 26.8 Å². The minimum Gasteiger partial charge on any atom is -0.368 e. The summed E-state index contributed by atoms with van der Waals surface area (Å²) < 4.78 is 51.3. The maximum Gasteiger partial charge on any atom is 0.247 e. The van der Waals surface area contributed by atoms with E-state index in [4.69, 9.17) is 0 Å². The number of benzene rings is 3. The Morgan fingerprint density at radius 2 is 1.56 bits per heavy atom. The van der Waals surface area contributed by atoms with Crippen LogP contribution in [0.3, 0.4) is 0 Å². The average molecular weight is 701 g/mol. The van der Waals surface area contributed by atoms with Gasteiger partial charge in [0.05, 0.1) is 30.1 Å². The van der Waals surface area contributed by atoms with Gasteiger partial charge in [0.15, 0.2) is 26.2 Å². The third-order valence-electron chi connectivity index (χ3n) is 9.48. The third kappa shape index (κ3) is 6.53. The molecule has 1 atom stereocenters. The first kappa shape index (κ1) is 33.2. The molecular formula is C35H34F2N8O4S. The molecule has 0 spiro atoms. The van der Waals surface area contributed by atoms with E-state index < -0.39 is 26.3 Å². The second-order valence-electron chi connectivity index (χ2n) is 12.7. The van der Waals surface area contributed by atoms with Crippen LogP contribution in [0, 0.1) is 11.6 Å². The topological polar surface area (TPSA) is 144 Å². The molecule has 3 aromatic carbocycles. The first-order chi connectivity index (χ1) is 24.0. The quantitative estimate of drug-likeness (QED) is 0.247. The highest BCUT2D eigenvalue weighted by Gasteiger charge is 2.53. The zero-order valence-electron chi connectivity index (χ0n) is 27.1. The molecule has 4 heterocycles. The Morgan fingerprint density at radius 1 is 0.880 bits per heavy atom. The van der Waals surface area contributed by atoms with Crippen LogP contribution in [0.25, 0.3) is 33.5 Å². The summed E-state index contributed by atoms with van der Waals surface area (Å²) >= 11 is 0. The van der Waals surface area contributed by atoms with Gasteiger partial charge in [-0.2, -0.15) is 5.10 Å². The van der Waals surface area contributed by atoms with Gasteiger partial charge in [-0.3, -0.25) is 19.6 Å². The summed E-state index contributed by atoms with van der Waals surface area (Å²) in [7, 11) is -3.89. The Hall–Kier alpha value is -5.28. The first-order valence-electron chi connectivity index (χ1n) is 16.1. The Labute approximate surface area is 287 Å². The smallest absolute Gasteiger partial charge is 0.247 e. The zero-order valence-corrected chi connectivity index (χ0v) is 28.0. The van der Waals surface area contributed by atoms with E-state index in [1.807, 2.05) is 24.3 Å². The SMILES string of the molecule is CS(=O)(=O)C1(C(=O)Nc2ccc3[nH]nc(-c4ccc(F)cc4)c3c2)CCN(CC(=O)N2CCN(c3ccc(-c4ncc(F)cn4)cc3)CC2)C1. The second-order valence-corrected chi connectivity index (χ2v) is 15.0. The number of likely N-dealkylation sites (tertiary alicyclic amines) is 1. The van der Waals surface area contributed by atoms with Crippen molar-refractivity contribution >= 4 is 43.9 Å². The summed E-state index contributed by atoms with van der Waals surface area (Å²) in [5.41, 5.74) is 4.07. The van der Waals surface area contributed by atoms with Crippen LogP contribution in [0.1, 0.15) is 6.42 Å². The number of aromatic amines is 1. The lowest BCUT2D eigenvalue weighted by atomic mass is 10.1. The molecule has 258 valence electrons. The van der Waals surface area contributed by atoms with Gasteiger partial charge in [0.25, 0.3) is 0 Å². The molecule has 0 bridgehead atoms. The number of piperazine rings is 1. The molecule has 0 saturated carbocycles. The number of hydrogen-bond acceptors (Lipinski definition) is 9. The molecule has 0 radical (unpaired) electrons. The maximum atomic E-state index is 13.8. The molecule has 7 rings (SSSR count). The van der Waals surface area contributed by atoms with Crippen LogP contribution < -0.4 is 10.2 Å². The number of nitrogens with one attached hydrogen (secondary N) is 2. The van der Waals surface area contributed by atoms with Gasteiger partial charge < -0.3 is 15.1 Å². The normalized spacial score (nSPS) is 18.5. The number of fused-ring (bicyclic) bond motifs is 1.